The molecule has 0 saturated carbocycles. The van der Waals surface area contributed by atoms with Crippen molar-refractivity contribution in [3.05, 3.63) is 23.0 Å². The molecular formula is C14H21ClN2O2. The van der Waals surface area contributed by atoms with Gasteiger partial charge >= 0.3 is 5.97 Å². The maximum Gasteiger partial charge on any atom is 0.358 e. The van der Waals surface area contributed by atoms with Crippen LogP contribution in [0.2, 0.25) is 5.02 Å². The van der Waals surface area contributed by atoms with Crippen LogP contribution in [0, 0.1) is 5.92 Å². The summed E-state index contributed by atoms with van der Waals surface area (Å²) in [5, 5.41) is 0.161. The first-order valence-electron chi connectivity index (χ1n) is 6.67. The molecule has 0 amide bonds. The van der Waals surface area contributed by atoms with Gasteiger partial charge in [-0.25, -0.2) is 9.78 Å². The van der Waals surface area contributed by atoms with Crippen molar-refractivity contribution >= 4 is 23.3 Å². The van der Waals surface area contributed by atoms with Gasteiger partial charge in [-0.1, -0.05) is 44.7 Å². The number of unbranched alkanes of at least 4 members (excludes halogenated alkanes) is 1. The molecule has 1 unspecified atom stereocenters. The van der Waals surface area contributed by atoms with E-state index in [1.807, 2.05) is 0 Å². The molecule has 106 valence electrons. The van der Waals surface area contributed by atoms with Crippen LogP contribution in [0.15, 0.2) is 12.3 Å². The summed E-state index contributed by atoms with van der Waals surface area (Å²) in [6.45, 7) is 4.65. The standard InChI is InChI=1S/C14H21ClN2O2/c1-3-5-6-10(4-2)9-19-14(18)13-12(15)11(16)7-8-17-13/h7-8,10H,3-6,9H2,1-2H3,(H2,16,17). The summed E-state index contributed by atoms with van der Waals surface area (Å²) in [4.78, 5) is 15.8. The second-order valence-corrected chi connectivity index (χ2v) is 4.96. The monoisotopic (exact) mass is 284 g/mol. The lowest BCUT2D eigenvalue weighted by molar-refractivity contribution is 0.0421. The van der Waals surface area contributed by atoms with Crippen molar-refractivity contribution in [2.45, 2.75) is 39.5 Å². The first kappa shape index (κ1) is 15.8. The smallest absolute Gasteiger partial charge is 0.358 e. The lowest BCUT2D eigenvalue weighted by Gasteiger charge is -2.14. The summed E-state index contributed by atoms with van der Waals surface area (Å²) in [5.74, 6) is -0.115. The van der Waals surface area contributed by atoms with Crippen LogP contribution in [0.5, 0.6) is 0 Å². The second kappa shape index (κ2) is 8.00. The van der Waals surface area contributed by atoms with Crippen molar-refractivity contribution in [2.24, 2.45) is 5.92 Å². The number of rotatable bonds is 7. The Morgan fingerprint density at radius 3 is 2.89 bits per heavy atom. The van der Waals surface area contributed by atoms with Crippen molar-refractivity contribution in [1.82, 2.24) is 4.98 Å². The van der Waals surface area contributed by atoms with Crippen molar-refractivity contribution < 1.29 is 9.53 Å². The van der Waals surface area contributed by atoms with Gasteiger partial charge in [-0.3, -0.25) is 0 Å². The first-order chi connectivity index (χ1) is 9.10. The Morgan fingerprint density at radius 2 is 2.26 bits per heavy atom. The van der Waals surface area contributed by atoms with Crippen molar-refractivity contribution in [1.29, 1.82) is 0 Å². The molecule has 1 aromatic rings. The molecule has 4 nitrogen and oxygen atoms in total. The molecule has 0 saturated heterocycles. The number of carbonyl (C=O) groups excluding carboxylic acids is 1. The van der Waals surface area contributed by atoms with Gasteiger partial charge in [0.2, 0.25) is 0 Å². The van der Waals surface area contributed by atoms with E-state index in [4.69, 9.17) is 22.1 Å². The Balaban J connectivity index is 2.57. The summed E-state index contributed by atoms with van der Waals surface area (Å²) < 4.78 is 5.27. The highest BCUT2D eigenvalue weighted by molar-refractivity contribution is 6.35. The molecule has 0 spiro atoms. The number of nitrogen functional groups attached to an aromatic ring is 1. The number of esters is 1. The van der Waals surface area contributed by atoms with Crippen LogP contribution in [-0.4, -0.2) is 17.6 Å². The number of halogens is 1. The molecule has 0 bridgehead atoms. The number of hydrogen-bond acceptors (Lipinski definition) is 4. The molecule has 1 rings (SSSR count). The molecule has 0 aliphatic carbocycles. The topological polar surface area (TPSA) is 65.2 Å². The molecule has 19 heavy (non-hydrogen) atoms. The van der Waals surface area contributed by atoms with Crippen LogP contribution >= 0.6 is 11.6 Å². The summed E-state index contributed by atoms with van der Waals surface area (Å²) in [5.41, 5.74) is 6.05. The van der Waals surface area contributed by atoms with E-state index in [1.54, 1.807) is 6.07 Å². The van der Waals surface area contributed by atoms with E-state index in [0.717, 1.165) is 25.7 Å². The minimum Gasteiger partial charge on any atom is -0.461 e. The minimum atomic E-state index is -0.507. The number of anilines is 1. The van der Waals surface area contributed by atoms with Crippen molar-refractivity contribution in [2.75, 3.05) is 12.3 Å². The Bertz CT molecular complexity index is 424. The minimum absolute atomic E-state index is 0.0898. The Labute approximate surface area is 119 Å². The third-order valence-corrected chi connectivity index (χ3v) is 3.50. The number of pyridine rings is 1. The Hall–Kier alpha value is -1.29. The molecule has 5 heteroatoms. The number of nitrogens with zero attached hydrogens (tertiary/aromatic N) is 1. The van der Waals surface area contributed by atoms with E-state index in [1.165, 1.54) is 6.20 Å². The van der Waals surface area contributed by atoms with Crippen molar-refractivity contribution in [3.63, 3.8) is 0 Å². The van der Waals surface area contributed by atoms with Gasteiger partial charge in [-0.05, 0) is 18.4 Å². The fourth-order valence-corrected chi connectivity index (χ4v) is 1.95. The molecule has 0 aliphatic heterocycles. The van der Waals surface area contributed by atoms with Crippen LogP contribution in [0.25, 0.3) is 0 Å². The fraction of sp³-hybridized carbons (Fsp3) is 0.571. The summed E-state index contributed by atoms with van der Waals surface area (Å²) in [6, 6.07) is 1.55. The quantitative estimate of drug-likeness (QED) is 0.776. The summed E-state index contributed by atoms with van der Waals surface area (Å²) in [7, 11) is 0. The number of nitrogens with two attached hydrogens (primary N) is 1. The molecule has 1 aromatic heterocycles. The van der Waals surface area contributed by atoms with Crippen LogP contribution in [0.1, 0.15) is 50.0 Å². The number of hydrogen-bond donors (Lipinski definition) is 1. The van der Waals surface area contributed by atoms with E-state index in [-0.39, 0.29) is 10.7 Å². The summed E-state index contributed by atoms with van der Waals surface area (Å²) in [6.07, 6.45) is 5.80. The zero-order valence-electron chi connectivity index (χ0n) is 11.5. The van der Waals surface area contributed by atoms with Crippen LogP contribution in [0.3, 0.4) is 0 Å². The highest BCUT2D eigenvalue weighted by Gasteiger charge is 2.17. The lowest BCUT2D eigenvalue weighted by atomic mass is 10.0. The molecular weight excluding hydrogens is 264 g/mol. The lowest BCUT2D eigenvalue weighted by Crippen LogP contribution is -2.15. The van der Waals surface area contributed by atoms with E-state index < -0.39 is 5.97 Å². The van der Waals surface area contributed by atoms with Gasteiger partial charge in [0.1, 0.15) is 0 Å². The highest BCUT2D eigenvalue weighted by Crippen LogP contribution is 2.22. The molecule has 2 N–H and O–H groups in total. The zero-order valence-corrected chi connectivity index (χ0v) is 12.2. The second-order valence-electron chi connectivity index (χ2n) is 4.58. The Kier molecular flexibility index (Phi) is 6.64. The molecule has 0 fully saturated rings. The fourth-order valence-electron chi connectivity index (χ4n) is 1.76. The van der Waals surface area contributed by atoms with Gasteiger partial charge in [-0.15, -0.1) is 0 Å². The van der Waals surface area contributed by atoms with E-state index in [9.17, 15) is 4.79 Å². The molecule has 1 atom stereocenters. The van der Waals surface area contributed by atoms with Gasteiger partial charge < -0.3 is 10.5 Å². The Morgan fingerprint density at radius 1 is 1.53 bits per heavy atom. The first-order valence-corrected chi connectivity index (χ1v) is 7.05. The summed E-state index contributed by atoms with van der Waals surface area (Å²) >= 11 is 5.93. The molecule has 0 aliphatic rings. The van der Waals surface area contributed by atoms with Gasteiger partial charge in [0.05, 0.1) is 17.3 Å². The predicted octanol–water partition coefficient (Wildman–Crippen LogP) is 3.69. The molecule has 0 aromatic carbocycles. The third kappa shape index (κ3) is 4.71. The molecule has 1 heterocycles. The molecule has 0 radical (unpaired) electrons. The zero-order chi connectivity index (χ0) is 14.3. The third-order valence-electron chi connectivity index (χ3n) is 3.11. The van der Waals surface area contributed by atoms with Gasteiger partial charge in [-0.2, -0.15) is 0 Å². The maximum absolute atomic E-state index is 11.9. The largest absolute Gasteiger partial charge is 0.461 e. The SMILES string of the molecule is CCCCC(CC)COC(=O)c1nccc(N)c1Cl. The van der Waals surface area contributed by atoms with Crippen molar-refractivity contribution in [3.8, 4) is 0 Å². The average Bonchev–Trinajstić information content (AvgIpc) is 2.42. The number of carbonyl (C=O) groups is 1. The van der Waals surface area contributed by atoms with E-state index in [2.05, 4.69) is 18.8 Å². The number of ether oxygens (including phenoxy) is 1. The van der Waals surface area contributed by atoms with Crippen LogP contribution < -0.4 is 5.73 Å². The van der Waals surface area contributed by atoms with Gasteiger partial charge in [0.15, 0.2) is 5.69 Å². The van der Waals surface area contributed by atoms with Crippen LogP contribution in [0.4, 0.5) is 5.69 Å². The van der Waals surface area contributed by atoms with Crippen LogP contribution in [-0.2, 0) is 4.74 Å². The number of aromatic nitrogens is 1. The normalized spacial score (nSPS) is 12.2. The van der Waals surface area contributed by atoms with E-state index in [0.29, 0.717) is 18.2 Å². The van der Waals surface area contributed by atoms with Gasteiger partial charge in [0.25, 0.3) is 0 Å². The average molecular weight is 285 g/mol. The maximum atomic E-state index is 11.9. The van der Waals surface area contributed by atoms with E-state index >= 15 is 0 Å². The highest BCUT2D eigenvalue weighted by atomic mass is 35.5. The predicted molar refractivity (Wildman–Crippen MR) is 77.2 cm³/mol. The van der Waals surface area contributed by atoms with Gasteiger partial charge in [0, 0.05) is 6.20 Å².